The number of benzene rings is 1. The van der Waals surface area contributed by atoms with Crippen LogP contribution in [0.15, 0.2) is 24.3 Å². The van der Waals surface area contributed by atoms with E-state index in [2.05, 4.69) is 24.3 Å². The van der Waals surface area contributed by atoms with Crippen LogP contribution in [0.2, 0.25) is 0 Å². The van der Waals surface area contributed by atoms with E-state index in [0.717, 1.165) is 24.8 Å². The molecule has 0 aromatic heterocycles. The van der Waals surface area contributed by atoms with Crippen LogP contribution >= 0.6 is 0 Å². The highest BCUT2D eigenvalue weighted by Gasteiger charge is 2.30. The second-order valence-corrected chi connectivity index (χ2v) is 5.82. The van der Waals surface area contributed by atoms with E-state index < -0.39 is 0 Å². The molecular formula is C16H23NO. The predicted octanol–water partition coefficient (Wildman–Crippen LogP) is 3.32. The van der Waals surface area contributed by atoms with Gasteiger partial charge in [0, 0.05) is 11.5 Å². The molecule has 1 aliphatic heterocycles. The Morgan fingerprint density at radius 3 is 2.78 bits per heavy atom. The molecule has 1 saturated carbocycles. The fraction of sp³-hybridized carbons (Fsp3) is 0.625. The first-order valence-corrected chi connectivity index (χ1v) is 7.30. The van der Waals surface area contributed by atoms with Crippen molar-refractivity contribution in [2.75, 3.05) is 13.2 Å². The SMILES string of the molecule is NCC(CC1COc2ccccc21)C1CCCC1. The van der Waals surface area contributed by atoms with E-state index in [1.807, 2.05) is 0 Å². The molecule has 2 atom stereocenters. The Morgan fingerprint density at radius 2 is 2.00 bits per heavy atom. The normalized spacial score (nSPS) is 24.8. The standard InChI is InChI=1S/C16H23NO/c17-10-13(12-5-1-2-6-12)9-14-11-18-16-8-4-3-7-15(14)16/h3-4,7-8,12-14H,1-2,5-6,9-11,17H2. The van der Waals surface area contributed by atoms with Crippen LogP contribution in [0.5, 0.6) is 5.75 Å². The fourth-order valence-electron chi connectivity index (χ4n) is 3.70. The topological polar surface area (TPSA) is 35.2 Å². The summed E-state index contributed by atoms with van der Waals surface area (Å²) in [6, 6.07) is 8.48. The highest BCUT2D eigenvalue weighted by Crippen LogP contribution is 2.41. The van der Waals surface area contributed by atoms with E-state index in [9.17, 15) is 0 Å². The van der Waals surface area contributed by atoms with Gasteiger partial charge < -0.3 is 10.5 Å². The lowest BCUT2D eigenvalue weighted by molar-refractivity contribution is 0.267. The maximum Gasteiger partial charge on any atom is 0.122 e. The van der Waals surface area contributed by atoms with E-state index in [0.29, 0.717) is 11.8 Å². The van der Waals surface area contributed by atoms with Gasteiger partial charge in [-0.25, -0.2) is 0 Å². The summed E-state index contributed by atoms with van der Waals surface area (Å²) in [5.41, 5.74) is 7.41. The van der Waals surface area contributed by atoms with Crippen molar-refractivity contribution in [1.29, 1.82) is 0 Å². The number of rotatable bonds is 4. The quantitative estimate of drug-likeness (QED) is 0.883. The van der Waals surface area contributed by atoms with Crippen molar-refractivity contribution in [2.45, 2.75) is 38.0 Å². The molecule has 2 heteroatoms. The molecular weight excluding hydrogens is 222 g/mol. The van der Waals surface area contributed by atoms with Crippen LogP contribution < -0.4 is 10.5 Å². The molecule has 2 N–H and O–H groups in total. The third-order valence-electron chi connectivity index (χ3n) is 4.76. The smallest absolute Gasteiger partial charge is 0.122 e. The van der Waals surface area contributed by atoms with Crippen molar-refractivity contribution < 1.29 is 4.74 Å². The van der Waals surface area contributed by atoms with Gasteiger partial charge in [-0.2, -0.15) is 0 Å². The molecule has 1 fully saturated rings. The molecule has 0 radical (unpaired) electrons. The number of ether oxygens (including phenoxy) is 1. The molecule has 0 amide bonds. The average Bonchev–Trinajstić information content (AvgIpc) is 3.06. The maximum atomic E-state index is 6.01. The van der Waals surface area contributed by atoms with Crippen molar-refractivity contribution in [3.8, 4) is 5.75 Å². The van der Waals surface area contributed by atoms with Crippen molar-refractivity contribution >= 4 is 0 Å². The summed E-state index contributed by atoms with van der Waals surface area (Å²) in [6.45, 7) is 1.69. The van der Waals surface area contributed by atoms with Crippen molar-refractivity contribution in [1.82, 2.24) is 0 Å². The summed E-state index contributed by atoms with van der Waals surface area (Å²) in [4.78, 5) is 0. The first-order chi connectivity index (χ1) is 8.88. The first-order valence-electron chi connectivity index (χ1n) is 7.30. The van der Waals surface area contributed by atoms with Gasteiger partial charge in [-0.1, -0.05) is 43.9 Å². The Kier molecular flexibility index (Phi) is 3.55. The van der Waals surface area contributed by atoms with Crippen LogP contribution in [-0.2, 0) is 0 Å². The Balaban J connectivity index is 1.69. The zero-order valence-electron chi connectivity index (χ0n) is 11.0. The third kappa shape index (κ3) is 2.26. The van der Waals surface area contributed by atoms with Crippen LogP contribution in [0.1, 0.15) is 43.6 Å². The number of hydrogen-bond acceptors (Lipinski definition) is 2. The largest absolute Gasteiger partial charge is 0.493 e. The first kappa shape index (κ1) is 12.0. The molecule has 18 heavy (non-hydrogen) atoms. The molecule has 3 rings (SSSR count). The Bertz CT molecular complexity index is 398. The molecule has 1 heterocycles. The lowest BCUT2D eigenvalue weighted by Crippen LogP contribution is -2.24. The van der Waals surface area contributed by atoms with E-state index in [-0.39, 0.29) is 0 Å². The minimum absolute atomic E-state index is 0.565. The van der Waals surface area contributed by atoms with Crippen molar-refractivity contribution in [3.05, 3.63) is 29.8 Å². The number of para-hydroxylation sites is 1. The zero-order chi connectivity index (χ0) is 12.4. The summed E-state index contributed by atoms with van der Waals surface area (Å²) in [7, 11) is 0. The van der Waals surface area contributed by atoms with Crippen LogP contribution in [0.4, 0.5) is 0 Å². The molecule has 1 aromatic carbocycles. The Labute approximate surface area is 110 Å². The van der Waals surface area contributed by atoms with Crippen LogP contribution in [0, 0.1) is 11.8 Å². The van der Waals surface area contributed by atoms with Crippen LogP contribution in [0.3, 0.4) is 0 Å². The molecule has 2 unspecified atom stereocenters. The van der Waals surface area contributed by atoms with Gasteiger partial charge in [0.25, 0.3) is 0 Å². The molecule has 1 aliphatic carbocycles. The molecule has 98 valence electrons. The number of nitrogens with two attached hydrogens (primary N) is 1. The van der Waals surface area contributed by atoms with E-state index in [1.165, 1.54) is 37.7 Å². The van der Waals surface area contributed by atoms with Gasteiger partial charge in [-0.15, -0.1) is 0 Å². The predicted molar refractivity (Wildman–Crippen MR) is 73.8 cm³/mol. The molecule has 2 nitrogen and oxygen atoms in total. The van der Waals surface area contributed by atoms with E-state index in [1.54, 1.807) is 0 Å². The van der Waals surface area contributed by atoms with Gasteiger partial charge in [-0.3, -0.25) is 0 Å². The van der Waals surface area contributed by atoms with Gasteiger partial charge in [-0.05, 0) is 30.9 Å². The Hall–Kier alpha value is -1.02. The van der Waals surface area contributed by atoms with E-state index >= 15 is 0 Å². The van der Waals surface area contributed by atoms with Gasteiger partial charge in [0.1, 0.15) is 5.75 Å². The van der Waals surface area contributed by atoms with Gasteiger partial charge in [0.15, 0.2) is 0 Å². The maximum absolute atomic E-state index is 6.01. The average molecular weight is 245 g/mol. The highest BCUT2D eigenvalue weighted by molar-refractivity contribution is 5.39. The fourth-order valence-corrected chi connectivity index (χ4v) is 3.70. The molecule has 2 aliphatic rings. The second kappa shape index (κ2) is 5.31. The molecule has 1 aromatic rings. The lowest BCUT2D eigenvalue weighted by atomic mass is 9.82. The van der Waals surface area contributed by atoms with Crippen molar-refractivity contribution in [3.63, 3.8) is 0 Å². The summed E-state index contributed by atoms with van der Waals surface area (Å²) in [5, 5.41) is 0. The zero-order valence-corrected chi connectivity index (χ0v) is 11.0. The van der Waals surface area contributed by atoms with Gasteiger partial charge in [0.05, 0.1) is 6.61 Å². The number of fused-ring (bicyclic) bond motifs is 1. The summed E-state index contributed by atoms with van der Waals surface area (Å²) in [6.07, 6.45) is 6.78. The Morgan fingerprint density at radius 1 is 1.22 bits per heavy atom. The van der Waals surface area contributed by atoms with Crippen LogP contribution in [0.25, 0.3) is 0 Å². The van der Waals surface area contributed by atoms with Gasteiger partial charge >= 0.3 is 0 Å². The second-order valence-electron chi connectivity index (χ2n) is 5.82. The molecule has 0 bridgehead atoms. The minimum Gasteiger partial charge on any atom is -0.493 e. The molecule has 0 spiro atoms. The number of hydrogen-bond donors (Lipinski definition) is 1. The lowest BCUT2D eigenvalue weighted by Gasteiger charge is -2.24. The van der Waals surface area contributed by atoms with Crippen molar-refractivity contribution in [2.24, 2.45) is 17.6 Å². The summed E-state index contributed by atoms with van der Waals surface area (Å²) >= 11 is 0. The summed E-state index contributed by atoms with van der Waals surface area (Å²) in [5.74, 6) is 3.20. The minimum atomic E-state index is 0.565. The summed E-state index contributed by atoms with van der Waals surface area (Å²) < 4.78 is 5.78. The third-order valence-corrected chi connectivity index (χ3v) is 4.76. The highest BCUT2D eigenvalue weighted by atomic mass is 16.5. The molecule has 0 saturated heterocycles. The van der Waals surface area contributed by atoms with Gasteiger partial charge in [0.2, 0.25) is 0 Å². The van der Waals surface area contributed by atoms with Crippen LogP contribution in [-0.4, -0.2) is 13.2 Å². The van der Waals surface area contributed by atoms with E-state index in [4.69, 9.17) is 10.5 Å². The monoisotopic (exact) mass is 245 g/mol.